The Bertz CT molecular complexity index is 421. The molecule has 0 spiro atoms. The topological polar surface area (TPSA) is 55.2 Å². The highest BCUT2D eigenvalue weighted by molar-refractivity contribution is 5.40. The number of para-hydroxylation sites is 1. The lowest BCUT2D eigenvalue weighted by atomic mass is 9.98. The molecule has 0 fully saturated rings. The van der Waals surface area contributed by atoms with Crippen LogP contribution in [0.3, 0.4) is 0 Å². The molecule has 1 N–H and O–H groups in total. The first-order valence-corrected chi connectivity index (χ1v) is 8.14. The van der Waals surface area contributed by atoms with E-state index >= 15 is 0 Å². The van der Waals surface area contributed by atoms with Gasteiger partial charge in [0.1, 0.15) is 0 Å². The minimum absolute atomic E-state index is 0.242. The third-order valence-corrected chi connectivity index (χ3v) is 3.80. The summed E-state index contributed by atoms with van der Waals surface area (Å²) in [4.78, 5) is 10.8. The van der Waals surface area contributed by atoms with Crippen LogP contribution in [-0.4, -0.2) is 17.5 Å². The number of hydrogen-bond donors (Lipinski definition) is 1. The number of nitrogens with one attached hydrogen (secondary N) is 1. The smallest absolute Gasteiger partial charge is 0.272 e. The molecule has 4 heteroatoms. The van der Waals surface area contributed by atoms with Gasteiger partial charge in [-0.2, -0.15) is 0 Å². The largest absolute Gasteiger partial charge is 0.314 e. The van der Waals surface area contributed by atoms with Crippen molar-refractivity contribution in [2.45, 2.75) is 64.8 Å². The highest BCUT2D eigenvalue weighted by Gasteiger charge is 2.16. The van der Waals surface area contributed by atoms with Crippen molar-refractivity contribution in [3.8, 4) is 0 Å². The van der Waals surface area contributed by atoms with Crippen molar-refractivity contribution in [1.82, 2.24) is 5.32 Å². The van der Waals surface area contributed by atoms with Gasteiger partial charge >= 0.3 is 0 Å². The number of nitro benzene ring substituents is 1. The normalized spacial score (nSPS) is 12.3. The SMILES string of the molecule is CCCCCCCC(Cc1ccccc1[N+](=O)[O-])NCC. The number of nitrogens with zero attached hydrogens (tertiary/aromatic N) is 1. The van der Waals surface area contributed by atoms with Crippen LogP contribution in [0.15, 0.2) is 24.3 Å². The Morgan fingerprint density at radius 3 is 2.52 bits per heavy atom. The summed E-state index contributed by atoms with van der Waals surface area (Å²) in [7, 11) is 0. The molecule has 118 valence electrons. The molecule has 0 saturated heterocycles. The van der Waals surface area contributed by atoms with Crippen molar-refractivity contribution < 1.29 is 4.92 Å². The van der Waals surface area contributed by atoms with E-state index in [1.807, 2.05) is 12.1 Å². The van der Waals surface area contributed by atoms with E-state index < -0.39 is 0 Å². The molecule has 0 amide bonds. The summed E-state index contributed by atoms with van der Waals surface area (Å²) in [5.41, 5.74) is 1.08. The molecular weight excluding hydrogens is 264 g/mol. The van der Waals surface area contributed by atoms with Gasteiger partial charge in [-0.1, -0.05) is 64.2 Å². The van der Waals surface area contributed by atoms with Crippen LogP contribution in [0.2, 0.25) is 0 Å². The molecule has 1 aromatic carbocycles. The molecule has 0 radical (unpaired) electrons. The Labute approximate surface area is 128 Å². The van der Waals surface area contributed by atoms with Crippen LogP contribution in [0, 0.1) is 10.1 Å². The lowest BCUT2D eigenvalue weighted by molar-refractivity contribution is -0.385. The molecule has 4 nitrogen and oxygen atoms in total. The third-order valence-electron chi connectivity index (χ3n) is 3.80. The minimum Gasteiger partial charge on any atom is -0.314 e. The maximum absolute atomic E-state index is 11.1. The van der Waals surface area contributed by atoms with Crippen molar-refractivity contribution in [3.63, 3.8) is 0 Å². The summed E-state index contributed by atoms with van der Waals surface area (Å²) in [5.74, 6) is 0. The molecule has 1 aromatic rings. The van der Waals surface area contributed by atoms with Gasteiger partial charge in [0, 0.05) is 17.7 Å². The highest BCUT2D eigenvalue weighted by Crippen LogP contribution is 2.21. The molecule has 0 aliphatic heterocycles. The van der Waals surface area contributed by atoms with Crippen LogP contribution >= 0.6 is 0 Å². The fraction of sp³-hybridized carbons (Fsp3) is 0.647. The Hall–Kier alpha value is -1.42. The molecule has 0 aromatic heterocycles. The van der Waals surface area contributed by atoms with Gasteiger partial charge in [-0.3, -0.25) is 10.1 Å². The van der Waals surface area contributed by atoms with Crippen molar-refractivity contribution in [3.05, 3.63) is 39.9 Å². The second-order valence-corrected chi connectivity index (χ2v) is 5.55. The summed E-state index contributed by atoms with van der Waals surface area (Å²) < 4.78 is 0. The van der Waals surface area contributed by atoms with Crippen LogP contribution in [0.5, 0.6) is 0 Å². The molecule has 0 heterocycles. The van der Waals surface area contributed by atoms with Crippen molar-refractivity contribution in [2.24, 2.45) is 0 Å². The first kappa shape index (κ1) is 17.6. The Morgan fingerprint density at radius 1 is 1.14 bits per heavy atom. The van der Waals surface area contributed by atoms with E-state index in [2.05, 4.69) is 19.2 Å². The first-order valence-electron chi connectivity index (χ1n) is 8.14. The number of unbranched alkanes of at least 4 members (excludes halogenated alkanes) is 4. The van der Waals surface area contributed by atoms with E-state index in [0.717, 1.165) is 24.9 Å². The zero-order valence-corrected chi connectivity index (χ0v) is 13.3. The Morgan fingerprint density at radius 2 is 1.86 bits per heavy atom. The van der Waals surface area contributed by atoms with E-state index in [4.69, 9.17) is 0 Å². The van der Waals surface area contributed by atoms with E-state index in [9.17, 15) is 10.1 Å². The minimum atomic E-state index is -0.278. The van der Waals surface area contributed by atoms with Gasteiger partial charge in [0.25, 0.3) is 5.69 Å². The van der Waals surface area contributed by atoms with Crippen LogP contribution in [0.1, 0.15) is 57.9 Å². The van der Waals surface area contributed by atoms with E-state index in [1.54, 1.807) is 12.1 Å². The molecule has 1 rings (SSSR count). The molecule has 0 aliphatic carbocycles. The van der Waals surface area contributed by atoms with Gasteiger partial charge in [0.05, 0.1) is 4.92 Å². The average molecular weight is 292 g/mol. The fourth-order valence-electron chi connectivity index (χ4n) is 2.69. The van der Waals surface area contributed by atoms with Gasteiger partial charge < -0.3 is 5.32 Å². The highest BCUT2D eigenvalue weighted by atomic mass is 16.6. The van der Waals surface area contributed by atoms with Gasteiger partial charge in [-0.25, -0.2) is 0 Å². The summed E-state index contributed by atoms with van der Waals surface area (Å²) in [6.45, 7) is 5.21. The van der Waals surface area contributed by atoms with Crippen molar-refractivity contribution in [1.29, 1.82) is 0 Å². The fourth-order valence-corrected chi connectivity index (χ4v) is 2.69. The maximum atomic E-state index is 11.1. The molecule has 1 atom stereocenters. The lowest BCUT2D eigenvalue weighted by Gasteiger charge is -2.18. The molecular formula is C17H28N2O2. The van der Waals surface area contributed by atoms with Gasteiger partial charge in [-0.15, -0.1) is 0 Å². The molecule has 1 unspecified atom stereocenters. The summed E-state index contributed by atoms with van der Waals surface area (Å²) in [6, 6.07) is 7.41. The first-order chi connectivity index (χ1) is 10.2. The predicted molar refractivity (Wildman–Crippen MR) is 87.6 cm³/mol. The van der Waals surface area contributed by atoms with Gasteiger partial charge in [0.15, 0.2) is 0 Å². The van der Waals surface area contributed by atoms with Crippen molar-refractivity contribution >= 4 is 5.69 Å². The lowest BCUT2D eigenvalue weighted by Crippen LogP contribution is -2.31. The Balaban J connectivity index is 2.55. The molecule has 0 aliphatic rings. The van der Waals surface area contributed by atoms with E-state index in [-0.39, 0.29) is 10.6 Å². The third kappa shape index (κ3) is 6.71. The number of nitro groups is 1. The Kier molecular flexibility index (Phi) is 8.67. The summed E-state index contributed by atoms with van der Waals surface area (Å²) >= 11 is 0. The zero-order valence-electron chi connectivity index (χ0n) is 13.3. The summed E-state index contributed by atoms with van der Waals surface area (Å²) in [6.07, 6.45) is 8.12. The number of likely N-dealkylation sites (N-methyl/N-ethyl adjacent to an activating group) is 1. The van der Waals surface area contributed by atoms with E-state index in [1.165, 1.54) is 32.1 Å². The van der Waals surface area contributed by atoms with Crippen molar-refractivity contribution in [2.75, 3.05) is 6.54 Å². The zero-order chi connectivity index (χ0) is 15.5. The molecule has 0 saturated carbocycles. The number of rotatable bonds is 11. The average Bonchev–Trinajstić information content (AvgIpc) is 2.47. The molecule has 21 heavy (non-hydrogen) atoms. The molecule has 0 bridgehead atoms. The predicted octanol–water partition coefficient (Wildman–Crippen LogP) is 4.48. The van der Waals surface area contributed by atoms with Gasteiger partial charge in [-0.05, 0) is 19.4 Å². The van der Waals surface area contributed by atoms with Crippen LogP contribution < -0.4 is 5.32 Å². The van der Waals surface area contributed by atoms with Crippen LogP contribution in [-0.2, 0) is 6.42 Å². The standard InChI is InChI=1S/C17H28N2O2/c1-3-5-6-7-8-12-16(18-4-2)14-15-11-9-10-13-17(15)19(20)21/h9-11,13,16,18H,3-8,12,14H2,1-2H3. The summed E-state index contributed by atoms with van der Waals surface area (Å²) in [5, 5.41) is 14.5. The van der Waals surface area contributed by atoms with Crippen LogP contribution in [0.25, 0.3) is 0 Å². The number of hydrogen-bond acceptors (Lipinski definition) is 3. The monoisotopic (exact) mass is 292 g/mol. The van der Waals surface area contributed by atoms with E-state index in [0.29, 0.717) is 6.04 Å². The maximum Gasteiger partial charge on any atom is 0.272 e. The second kappa shape index (κ2) is 10.3. The van der Waals surface area contributed by atoms with Crippen LogP contribution in [0.4, 0.5) is 5.69 Å². The second-order valence-electron chi connectivity index (χ2n) is 5.55. The number of benzene rings is 1. The van der Waals surface area contributed by atoms with Gasteiger partial charge in [0.2, 0.25) is 0 Å². The quantitative estimate of drug-likeness (QED) is 0.372.